The Labute approximate surface area is 149 Å². The first-order valence-electron chi connectivity index (χ1n) is 7.96. The molecule has 2 N–H and O–H groups in total. The van der Waals surface area contributed by atoms with Crippen molar-refractivity contribution in [2.24, 2.45) is 5.73 Å². The summed E-state index contributed by atoms with van der Waals surface area (Å²) in [6.45, 7) is 3.84. The molecular formula is C19H23ClN2O2. The number of amides is 1. The first-order chi connectivity index (χ1) is 11.1. The number of nitrogens with zero attached hydrogens (tertiary/aromatic N) is 1. The summed E-state index contributed by atoms with van der Waals surface area (Å²) in [6, 6.07) is 15.6. The van der Waals surface area contributed by atoms with E-state index in [1.807, 2.05) is 42.5 Å². The molecule has 0 bridgehead atoms. The van der Waals surface area contributed by atoms with Gasteiger partial charge in [0.1, 0.15) is 12.4 Å². The molecule has 24 heavy (non-hydrogen) atoms. The first kappa shape index (κ1) is 18.3. The lowest BCUT2D eigenvalue weighted by molar-refractivity contribution is 0.0786. The highest BCUT2D eigenvalue weighted by molar-refractivity contribution is 5.97. The van der Waals surface area contributed by atoms with Crippen molar-refractivity contribution in [3.8, 4) is 5.75 Å². The van der Waals surface area contributed by atoms with Gasteiger partial charge in [0, 0.05) is 19.1 Å². The van der Waals surface area contributed by atoms with E-state index in [2.05, 4.69) is 13.0 Å². The average molecular weight is 347 g/mol. The van der Waals surface area contributed by atoms with E-state index >= 15 is 0 Å². The lowest BCUT2D eigenvalue weighted by Gasteiger charge is -2.18. The molecule has 0 aliphatic carbocycles. The second-order valence-corrected chi connectivity index (χ2v) is 6.01. The number of aryl methyl sites for hydroxylation is 1. The van der Waals surface area contributed by atoms with Crippen molar-refractivity contribution in [1.82, 2.24) is 4.90 Å². The summed E-state index contributed by atoms with van der Waals surface area (Å²) in [4.78, 5) is 14.5. The van der Waals surface area contributed by atoms with Crippen LogP contribution >= 0.6 is 12.4 Å². The Morgan fingerprint density at radius 1 is 1.21 bits per heavy atom. The minimum atomic E-state index is -0.00154. The number of carbonyl (C=O) groups is 1. The van der Waals surface area contributed by atoms with Crippen molar-refractivity contribution >= 4 is 18.3 Å². The van der Waals surface area contributed by atoms with Gasteiger partial charge in [-0.2, -0.15) is 0 Å². The molecule has 0 unspecified atom stereocenters. The molecular weight excluding hydrogens is 324 g/mol. The Bertz CT molecular complexity index is 705. The Kier molecular flexibility index (Phi) is 6.23. The highest BCUT2D eigenvalue weighted by atomic mass is 35.5. The Hall–Kier alpha value is -2.04. The second-order valence-electron chi connectivity index (χ2n) is 6.01. The maximum Gasteiger partial charge on any atom is 0.257 e. The van der Waals surface area contributed by atoms with Crippen molar-refractivity contribution in [1.29, 1.82) is 0 Å². The van der Waals surface area contributed by atoms with Gasteiger partial charge in [0.2, 0.25) is 0 Å². The molecule has 1 fully saturated rings. The summed E-state index contributed by atoms with van der Waals surface area (Å²) in [5.41, 5.74) is 8.82. The van der Waals surface area contributed by atoms with Crippen molar-refractivity contribution in [3.05, 3.63) is 65.2 Å². The van der Waals surface area contributed by atoms with Gasteiger partial charge in [-0.3, -0.25) is 4.79 Å². The normalized spacial score (nSPS) is 16.6. The SMILES string of the molecule is Cc1ccccc1COc1ccccc1C(=O)N1CC[C@@H](N)C1.Cl. The lowest BCUT2D eigenvalue weighted by atomic mass is 10.1. The molecule has 0 spiro atoms. The van der Waals surface area contributed by atoms with E-state index in [4.69, 9.17) is 10.5 Å². The molecule has 128 valence electrons. The third kappa shape index (κ3) is 4.08. The van der Waals surface area contributed by atoms with Crippen LogP contribution in [-0.2, 0) is 6.61 Å². The van der Waals surface area contributed by atoms with Crippen LogP contribution in [0.15, 0.2) is 48.5 Å². The quantitative estimate of drug-likeness (QED) is 0.925. The van der Waals surface area contributed by atoms with Crippen LogP contribution in [0.4, 0.5) is 0 Å². The lowest BCUT2D eigenvalue weighted by Crippen LogP contribution is -2.32. The summed E-state index contributed by atoms with van der Waals surface area (Å²) < 4.78 is 5.93. The number of nitrogens with two attached hydrogens (primary N) is 1. The van der Waals surface area contributed by atoms with Crippen molar-refractivity contribution < 1.29 is 9.53 Å². The van der Waals surface area contributed by atoms with Gasteiger partial charge in [-0.1, -0.05) is 36.4 Å². The second kappa shape index (κ2) is 8.18. The van der Waals surface area contributed by atoms with Gasteiger partial charge in [-0.25, -0.2) is 0 Å². The van der Waals surface area contributed by atoms with Crippen LogP contribution in [0.3, 0.4) is 0 Å². The highest BCUT2D eigenvalue weighted by Crippen LogP contribution is 2.23. The minimum Gasteiger partial charge on any atom is -0.488 e. The number of benzene rings is 2. The van der Waals surface area contributed by atoms with E-state index in [0.717, 1.165) is 12.0 Å². The summed E-state index contributed by atoms with van der Waals surface area (Å²) in [7, 11) is 0. The van der Waals surface area contributed by atoms with Gasteiger partial charge in [0.05, 0.1) is 5.56 Å². The van der Waals surface area contributed by atoms with Crippen LogP contribution in [0.1, 0.15) is 27.9 Å². The molecule has 1 aliphatic heterocycles. The standard InChI is InChI=1S/C19H22N2O2.ClH/c1-14-6-2-3-7-15(14)13-23-18-9-5-4-8-17(18)19(22)21-11-10-16(20)12-21;/h2-9,16H,10-13,20H2,1H3;1H/t16-;/m1./s1. The molecule has 5 heteroatoms. The van der Waals surface area contributed by atoms with Gasteiger partial charge in [0.25, 0.3) is 5.91 Å². The number of hydrogen-bond acceptors (Lipinski definition) is 3. The number of halogens is 1. The van der Waals surface area contributed by atoms with Gasteiger partial charge < -0.3 is 15.4 Å². The van der Waals surface area contributed by atoms with Gasteiger partial charge >= 0.3 is 0 Å². The van der Waals surface area contributed by atoms with Crippen molar-refractivity contribution in [2.75, 3.05) is 13.1 Å². The van der Waals surface area contributed by atoms with Crippen LogP contribution in [-0.4, -0.2) is 29.9 Å². The zero-order valence-corrected chi connectivity index (χ0v) is 14.6. The highest BCUT2D eigenvalue weighted by Gasteiger charge is 2.26. The molecule has 1 heterocycles. The Morgan fingerprint density at radius 3 is 2.62 bits per heavy atom. The number of likely N-dealkylation sites (tertiary alicyclic amines) is 1. The predicted octanol–water partition coefficient (Wildman–Crippen LogP) is 3.17. The Balaban J connectivity index is 0.00000208. The van der Waals surface area contributed by atoms with E-state index in [1.165, 1.54) is 5.56 Å². The zero-order chi connectivity index (χ0) is 16.2. The smallest absolute Gasteiger partial charge is 0.257 e. The number of ether oxygens (including phenoxy) is 1. The largest absolute Gasteiger partial charge is 0.488 e. The zero-order valence-electron chi connectivity index (χ0n) is 13.8. The average Bonchev–Trinajstić information content (AvgIpc) is 3.00. The predicted molar refractivity (Wildman–Crippen MR) is 97.7 cm³/mol. The topological polar surface area (TPSA) is 55.6 Å². The molecule has 0 saturated carbocycles. The van der Waals surface area contributed by atoms with Gasteiger partial charge in [-0.05, 0) is 36.6 Å². The number of rotatable bonds is 4. The van der Waals surface area contributed by atoms with Crippen LogP contribution in [0.2, 0.25) is 0 Å². The molecule has 2 aromatic carbocycles. The summed E-state index contributed by atoms with van der Waals surface area (Å²) in [5.74, 6) is 0.625. The van der Waals surface area contributed by atoms with Crippen LogP contribution < -0.4 is 10.5 Å². The van der Waals surface area contributed by atoms with E-state index in [1.54, 1.807) is 4.90 Å². The molecule has 0 aromatic heterocycles. The molecule has 1 saturated heterocycles. The maximum absolute atomic E-state index is 12.7. The van der Waals surface area contributed by atoms with Crippen LogP contribution in [0.5, 0.6) is 5.75 Å². The minimum absolute atomic E-state index is 0. The van der Waals surface area contributed by atoms with Crippen LogP contribution in [0, 0.1) is 6.92 Å². The summed E-state index contributed by atoms with van der Waals surface area (Å²) >= 11 is 0. The molecule has 2 aromatic rings. The van der Waals surface area contributed by atoms with Crippen molar-refractivity contribution in [3.63, 3.8) is 0 Å². The molecule has 1 aliphatic rings. The Morgan fingerprint density at radius 2 is 1.92 bits per heavy atom. The third-order valence-corrected chi connectivity index (χ3v) is 4.27. The number of para-hydroxylation sites is 1. The number of carbonyl (C=O) groups excluding carboxylic acids is 1. The van der Waals surface area contributed by atoms with Crippen LogP contribution in [0.25, 0.3) is 0 Å². The third-order valence-electron chi connectivity index (χ3n) is 4.27. The molecule has 3 rings (SSSR count). The van der Waals surface area contributed by atoms with E-state index < -0.39 is 0 Å². The fourth-order valence-electron chi connectivity index (χ4n) is 2.84. The van der Waals surface area contributed by atoms with Gasteiger partial charge in [-0.15, -0.1) is 12.4 Å². The molecule has 1 amide bonds. The summed E-state index contributed by atoms with van der Waals surface area (Å²) in [5, 5.41) is 0. The summed E-state index contributed by atoms with van der Waals surface area (Å²) in [6.07, 6.45) is 0.859. The van der Waals surface area contributed by atoms with Gasteiger partial charge in [0.15, 0.2) is 0 Å². The molecule has 0 radical (unpaired) electrons. The maximum atomic E-state index is 12.7. The number of hydrogen-bond donors (Lipinski definition) is 1. The fraction of sp³-hybridized carbons (Fsp3) is 0.316. The fourth-order valence-corrected chi connectivity index (χ4v) is 2.84. The first-order valence-corrected chi connectivity index (χ1v) is 7.96. The van der Waals surface area contributed by atoms with E-state index in [0.29, 0.717) is 31.0 Å². The molecule has 4 nitrogen and oxygen atoms in total. The van der Waals surface area contributed by atoms with Crippen molar-refractivity contribution in [2.45, 2.75) is 26.0 Å². The van der Waals surface area contributed by atoms with E-state index in [9.17, 15) is 4.79 Å². The monoisotopic (exact) mass is 346 g/mol. The van der Waals surface area contributed by atoms with E-state index in [-0.39, 0.29) is 24.4 Å². The molecule has 1 atom stereocenters.